The van der Waals surface area contributed by atoms with Crippen molar-refractivity contribution in [1.29, 1.82) is 0 Å². The van der Waals surface area contributed by atoms with Gasteiger partial charge >= 0.3 is 0 Å². The monoisotopic (exact) mass is 211 g/mol. The zero-order valence-electron chi connectivity index (χ0n) is 8.23. The van der Waals surface area contributed by atoms with Gasteiger partial charge in [-0.1, -0.05) is 0 Å². The van der Waals surface area contributed by atoms with Gasteiger partial charge < -0.3 is 10.6 Å². The standard InChI is InChI=1S/C9H13N3OS/c1-5-11-7(4-14-5)9-6(10)3-8(13)12(9)2/h4,6,9H,3,10H2,1-2H3/t6-,9-/m1/s1. The van der Waals surface area contributed by atoms with Gasteiger partial charge in [0, 0.05) is 24.9 Å². The largest absolute Gasteiger partial charge is 0.335 e. The molecular formula is C9H13N3OS. The van der Waals surface area contributed by atoms with Crippen LogP contribution in [0.25, 0.3) is 0 Å². The summed E-state index contributed by atoms with van der Waals surface area (Å²) in [5.74, 6) is 0.105. The average molecular weight is 211 g/mol. The molecule has 14 heavy (non-hydrogen) atoms. The summed E-state index contributed by atoms with van der Waals surface area (Å²) in [5, 5.41) is 2.99. The number of rotatable bonds is 1. The van der Waals surface area contributed by atoms with Crippen molar-refractivity contribution in [2.45, 2.75) is 25.4 Å². The molecule has 4 nitrogen and oxygen atoms in total. The van der Waals surface area contributed by atoms with Crippen molar-refractivity contribution in [3.63, 3.8) is 0 Å². The molecule has 0 aromatic carbocycles. The quantitative estimate of drug-likeness (QED) is 0.743. The van der Waals surface area contributed by atoms with Crippen molar-refractivity contribution >= 4 is 17.2 Å². The summed E-state index contributed by atoms with van der Waals surface area (Å²) < 4.78 is 0. The van der Waals surface area contributed by atoms with Crippen LogP contribution in [0.15, 0.2) is 5.38 Å². The number of thiazole rings is 1. The first-order chi connectivity index (χ1) is 6.59. The molecule has 5 heteroatoms. The minimum atomic E-state index is -0.117. The number of hydrogen-bond donors (Lipinski definition) is 1. The Morgan fingerprint density at radius 3 is 2.86 bits per heavy atom. The van der Waals surface area contributed by atoms with Gasteiger partial charge in [0.05, 0.1) is 16.7 Å². The second-order valence-electron chi connectivity index (χ2n) is 3.61. The van der Waals surface area contributed by atoms with Crippen molar-refractivity contribution in [2.24, 2.45) is 5.73 Å². The Bertz CT molecular complexity index is 363. The molecule has 2 N–H and O–H groups in total. The highest BCUT2D eigenvalue weighted by molar-refractivity contribution is 7.09. The summed E-state index contributed by atoms with van der Waals surface area (Å²) in [4.78, 5) is 17.5. The lowest BCUT2D eigenvalue weighted by atomic mass is 10.1. The fourth-order valence-electron chi connectivity index (χ4n) is 1.83. The van der Waals surface area contributed by atoms with E-state index in [-0.39, 0.29) is 18.0 Å². The molecular weight excluding hydrogens is 198 g/mol. The third-order valence-electron chi connectivity index (χ3n) is 2.57. The molecule has 1 saturated heterocycles. The summed E-state index contributed by atoms with van der Waals surface area (Å²) in [7, 11) is 1.79. The highest BCUT2D eigenvalue weighted by atomic mass is 32.1. The number of carbonyl (C=O) groups excluding carboxylic acids is 1. The summed E-state index contributed by atoms with van der Waals surface area (Å²) in [6.45, 7) is 1.95. The molecule has 1 aromatic rings. The minimum absolute atomic E-state index is 0.0348. The highest BCUT2D eigenvalue weighted by Gasteiger charge is 2.37. The van der Waals surface area contributed by atoms with Gasteiger partial charge in [-0.05, 0) is 6.92 Å². The van der Waals surface area contributed by atoms with Crippen LogP contribution in [-0.2, 0) is 4.79 Å². The second-order valence-corrected chi connectivity index (χ2v) is 4.67. The van der Waals surface area contributed by atoms with E-state index >= 15 is 0 Å². The number of amides is 1. The smallest absolute Gasteiger partial charge is 0.224 e. The van der Waals surface area contributed by atoms with Crippen LogP contribution in [0.3, 0.4) is 0 Å². The fourth-order valence-corrected chi connectivity index (χ4v) is 2.47. The molecule has 1 aliphatic rings. The maximum atomic E-state index is 11.4. The van der Waals surface area contributed by atoms with E-state index in [9.17, 15) is 4.79 Å². The van der Waals surface area contributed by atoms with Crippen LogP contribution in [0.4, 0.5) is 0 Å². The van der Waals surface area contributed by atoms with Crippen molar-refractivity contribution in [3.8, 4) is 0 Å². The molecule has 0 unspecified atom stereocenters. The first-order valence-electron chi connectivity index (χ1n) is 4.53. The minimum Gasteiger partial charge on any atom is -0.335 e. The highest BCUT2D eigenvalue weighted by Crippen LogP contribution is 2.30. The van der Waals surface area contributed by atoms with E-state index in [1.54, 1.807) is 23.3 Å². The van der Waals surface area contributed by atoms with E-state index < -0.39 is 0 Å². The Hall–Kier alpha value is -0.940. The molecule has 76 valence electrons. The van der Waals surface area contributed by atoms with Crippen molar-refractivity contribution in [3.05, 3.63) is 16.1 Å². The summed E-state index contributed by atoms with van der Waals surface area (Å²) in [6, 6.07) is -0.151. The number of aryl methyl sites for hydroxylation is 1. The topological polar surface area (TPSA) is 59.2 Å². The summed E-state index contributed by atoms with van der Waals surface area (Å²) in [5.41, 5.74) is 6.83. The molecule has 0 aliphatic carbocycles. The van der Waals surface area contributed by atoms with Crippen molar-refractivity contribution in [1.82, 2.24) is 9.88 Å². The van der Waals surface area contributed by atoms with Gasteiger partial charge in [-0.15, -0.1) is 11.3 Å². The van der Waals surface area contributed by atoms with E-state index in [1.165, 1.54) is 0 Å². The molecule has 0 bridgehead atoms. The normalized spacial score (nSPS) is 27.4. The van der Waals surface area contributed by atoms with E-state index in [0.29, 0.717) is 6.42 Å². The maximum absolute atomic E-state index is 11.4. The zero-order valence-corrected chi connectivity index (χ0v) is 9.04. The Labute approximate surface area is 86.7 Å². The number of aromatic nitrogens is 1. The Kier molecular flexibility index (Phi) is 2.28. The van der Waals surface area contributed by atoms with Gasteiger partial charge in [-0.25, -0.2) is 4.98 Å². The molecule has 1 aromatic heterocycles. The Balaban J connectivity index is 2.30. The van der Waals surface area contributed by atoms with Gasteiger partial charge in [0.25, 0.3) is 0 Å². The van der Waals surface area contributed by atoms with Crippen LogP contribution >= 0.6 is 11.3 Å². The molecule has 2 heterocycles. The molecule has 1 fully saturated rings. The number of hydrogen-bond acceptors (Lipinski definition) is 4. The fraction of sp³-hybridized carbons (Fsp3) is 0.556. The Morgan fingerprint density at radius 2 is 2.43 bits per heavy atom. The van der Waals surface area contributed by atoms with Crippen LogP contribution in [0, 0.1) is 6.92 Å². The first kappa shape index (κ1) is 9.61. The second kappa shape index (κ2) is 3.33. The summed E-state index contributed by atoms with van der Waals surface area (Å²) >= 11 is 1.59. The maximum Gasteiger partial charge on any atom is 0.224 e. The van der Waals surface area contributed by atoms with Crippen LogP contribution in [-0.4, -0.2) is 28.9 Å². The first-order valence-corrected chi connectivity index (χ1v) is 5.41. The molecule has 1 amide bonds. The number of likely N-dealkylation sites (tertiary alicyclic amines) is 1. The van der Waals surface area contributed by atoms with Crippen LogP contribution in [0.2, 0.25) is 0 Å². The lowest BCUT2D eigenvalue weighted by Crippen LogP contribution is -2.30. The molecule has 0 saturated carbocycles. The lowest BCUT2D eigenvalue weighted by Gasteiger charge is -2.20. The van der Waals surface area contributed by atoms with Gasteiger partial charge in [0.15, 0.2) is 0 Å². The molecule has 1 aliphatic heterocycles. The third-order valence-corrected chi connectivity index (χ3v) is 3.36. The van der Waals surface area contributed by atoms with Crippen LogP contribution in [0.5, 0.6) is 0 Å². The van der Waals surface area contributed by atoms with Gasteiger partial charge in [-0.3, -0.25) is 4.79 Å². The number of likely N-dealkylation sites (N-methyl/N-ethyl adjacent to an activating group) is 1. The average Bonchev–Trinajstić information content (AvgIpc) is 2.60. The van der Waals surface area contributed by atoms with Crippen molar-refractivity contribution in [2.75, 3.05) is 7.05 Å². The van der Waals surface area contributed by atoms with Gasteiger partial charge in [0.1, 0.15) is 0 Å². The Morgan fingerprint density at radius 1 is 1.71 bits per heavy atom. The SMILES string of the molecule is Cc1nc([C@H]2[C@H](N)CC(=O)N2C)cs1. The summed E-state index contributed by atoms with van der Waals surface area (Å²) in [6.07, 6.45) is 0.428. The van der Waals surface area contributed by atoms with Gasteiger partial charge in [0.2, 0.25) is 5.91 Å². The predicted octanol–water partition coefficient (Wildman–Crippen LogP) is 0.682. The predicted molar refractivity (Wildman–Crippen MR) is 55.0 cm³/mol. The van der Waals surface area contributed by atoms with E-state index in [2.05, 4.69) is 4.98 Å². The molecule has 0 radical (unpaired) electrons. The molecule has 0 spiro atoms. The van der Waals surface area contributed by atoms with E-state index in [4.69, 9.17) is 5.73 Å². The van der Waals surface area contributed by atoms with E-state index in [0.717, 1.165) is 10.7 Å². The number of nitrogens with two attached hydrogens (primary N) is 1. The lowest BCUT2D eigenvalue weighted by molar-refractivity contribution is -0.127. The van der Waals surface area contributed by atoms with Gasteiger partial charge in [-0.2, -0.15) is 0 Å². The van der Waals surface area contributed by atoms with Crippen molar-refractivity contribution < 1.29 is 4.79 Å². The number of nitrogens with zero attached hydrogens (tertiary/aromatic N) is 2. The molecule has 2 atom stereocenters. The molecule has 2 rings (SSSR count). The van der Waals surface area contributed by atoms with Crippen LogP contribution in [0.1, 0.15) is 23.2 Å². The number of carbonyl (C=O) groups is 1. The zero-order chi connectivity index (χ0) is 10.3. The van der Waals surface area contributed by atoms with E-state index in [1.807, 2.05) is 12.3 Å². The van der Waals surface area contributed by atoms with Crippen LogP contribution < -0.4 is 5.73 Å². The third kappa shape index (κ3) is 1.42.